The first-order chi connectivity index (χ1) is 11.5. The molecule has 0 unspecified atom stereocenters. The van der Waals surface area contributed by atoms with E-state index in [1.807, 2.05) is 24.3 Å². The van der Waals surface area contributed by atoms with Gasteiger partial charge in [-0.3, -0.25) is 9.00 Å². The fourth-order valence-corrected chi connectivity index (χ4v) is 3.06. The maximum atomic E-state index is 13.9. The molecule has 0 aliphatic heterocycles. The van der Waals surface area contributed by atoms with Crippen LogP contribution in [0.3, 0.4) is 0 Å². The molecule has 0 aliphatic carbocycles. The Balaban J connectivity index is 1.82. The molecule has 1 heterocycles. The zero-order chi connectivity index (χ0) is 17.3. The Morgan fingerprint density at radius 2 is 2.04 bits per heavy atom. The molecule has 2 aromatic carbocycles. The number of amides is 1. The molecule has 0 saturated heterocycles. The van der Waals surface area contributed by atoms with Crippen molar-refractivity contribution in [3.8, 4) is 0 Å². The lowest BCUT2D eigenvalue weighted by Crippen LogP contribution is -2.23. The molecule has 1 aromatic heterocycles. The maximum Gasteiger partial charge on any atom is 0.247 e. The van der Waals surface area contributed by atoms with Crippen molar-refractivity contribution in [2.75, 3.05) is 11.6 Å². The normalized spacial score (nSPS) is 13.6. The van der Waals surface area contributed by atoms with E-state index in [9.17, 15) is 13.4 Å². The second-order valence-corrected chi connectivity index (χ2v) is 6.75. The van der Waals surface area contributed by atoms with Gasteiger partial charge in [-0.15, -0.1) is 0 Å². The first kappa shape index (κ1) is 16.3. The molecule has 0 radical (unpaired) electrons. The van der Waals surface area contributed by atoms with E-state index in [1.54, 1.807) is 17.8 Å². The summed E-state index contributed by atoms with van der Waals surface area (Å²) < 4.78 is 27.0. The van der Waals surface area contributed by atoms with Crippen molar-refractivity contribution in [2.24, 2.45) is 0 Å². The topological polar surface area (TPSA) is 64.0 Å². The first-order valence-electron chi connectivity index (χ1n) is 7.33. The number of anilines is 1. The van der Waals surface area contributed by atoms with Gasteiger partial charge in [-0.1, -0.05) is 12.1 Å². The predicted octanol–water partition coefficient (Wildman–Crippen LogP) is 3.11. The first-order valence-corrected chi connectivity index (χ1v) is 8.88. The largest absolute Gasteiger partial charge is 0.324 e. The molecule has 1 amide bonds. The van der Waals surface area contributed by atoms with Crippen LogP contribution in [0.4, 0.5) is 10.1 Å². The third-order valence-corrected chi connectivity index (χ3v) is 4.74. The van der Waals surface area contributed by atoms with Gasteiger partial charge in [0.25, 0.3) is 0 Å². The van der Waals surface area contributed by atoms with E-state index in [1.165, 1.54) is 24.5 Å². The van der Waals surface area contributed by atoms with E-state index in [-0.39, 0.29) is 10.8 Å². The quantitative estimate of drug-likeness (QED) is 0.790. The number of imidazole rings is 1. The molecule has 0 fully saturated rings. The van der Waals surface area contributed by atoms with Crippen molar-refractivity contribution >= 4 is 33.4 Å². The minimum atomic E-state index is -1.41. The Morgan fingerprint density at radius 1 is 1.29 bits per heavy atom. The van der Waals surface area contributed by atoms with Crippen LogP contribution < -0.4 is 5.32 Å². The highest BCUT2D eigenvalue weighted by Crippen LogP contribution is 2.21. The van der Waals surface area contributed by atoms with Crippen LogP contribution in [0.15, 0.2) is 53.7 Å². The van der Waals surface area contributed by atoms with Gasteiger partial charge in [-0.25, -0.2) is 9.37 Å². The van der Waals surface area contributed by atoms with E-state index in [2.05, 4.69) is 10.3 Å². The number of carbonyl (C=O) groups excluding carboxylic acids is 1. The Kier molecular flexibility index (Phi) is 4.44. The standard InChI is InChI=1S/C17H16FN3O2S/c1-11(21-10-19-14-5-3-4-6-15(14)21)17(22)20-12-7-8-16(24(2)23)13(18)9-12/h3-11H,1-2H3,(H,20,22)/t11-,24-/m0/s1. The fourth-order valence-electron chi connectivity index (χ4n) is 2.47. The van der Waals surface area contributed by atoms with Crippen molar-refractivity contribution in [3.63, 3.8) is 0 Å². The van der Waals surface area contributed by atoms with Gasteiger partial charge < -0.3 is 9.88 Å². The van der Waals surface area contributed by atoms with E-state index in [0.717, 1.165) is 11.0 Å². The summed E-state index contributed by atoms with van der Waals surface area (Å²) >= 11 is 0. The number of aromatic nitrogens is 2. The van der Waals surface area contributed by atoms with Gasteiger partial charge in [0.2, 0.25) is 5.91 Å². The van der Waals surface area contributed by atoms with Crippen molar-refractivity contribution < 1.29 is 13.4 Å². The van der Waals surface area contributed by atoms with Crippen molar-refractivity contribution in [1.29, 1.82) is 0 Å². The number of nitrogens with zero attached hydrogens (tertiary/aromatic N) is 2. The summed E-state index contributed by atoms with van der Waals surface area (Å²) in [6.07, 6.45) is 3.02. The number of para-hydroxylation sites is 2. The van der Waals surface area contributed by atoms with Crippen LogP contribution in [0.2, 0.25) is 0 Å². The van der Waals surface area contributed by atoms with Gasteiger partial charge in [0.05, 0.1) is 33.1 Å². The van der Waals surface area contributed by atoms with Crippen LogP contribution in [-0.4, -0.2) is 25.9 Å². The highest BCUT2D eigenvalue weighted by atomic mass is 32.2. The lowest BCUT2D eigenvalue weighted by Gasteiger charge is -2.15. The third kappa shape index (κ3) is 3.07. The Morgan fingerprint density at radius 3 is 2.75 bits per heavy atom. The number of hydrogen-bond donors (Lipinski definition) is 1. The van der Waals surface area contributed by atoms with Gasteiger partial charge in [0, 0.05) is 11.9 Å². The Labute approximate surface area is 141 Å². The second kappa shape index (κ2) is 6.52. The number of benzene rings is 2. The molecule has 1 N–H and O–H groups in total. The highest BCUT2D eigenvalue weighted by Gasteiger charge is 2.18. The SMILES string of the molecule is C[C@@H](C(=O)Nc1ccc([S@](C)=O)c(F)c1)n1cnc2ccccc21. The molecular formula is C17H16FN3O2S. The van der Waals surface area contributed by atoms with Crippen molar-refractivity contribution in [1.82, 2.24) is 9.55 Å². The monoisotopic (exact) mass is 345 g/mol. The summed E-state index contributed by atoms with van der Waals surface area (Å²) in [6, 6.07) is 11.1. The summed E-state index contributed by atoms with van der Waals surface area (Å²) in [6.45, 7) is 1.75. The molecular weight excluding hydrogens is 329 g/mol. The Hall–Kier alpha value is -2.54. The van der Waals surface area contributed by atoms with Crippen molar-refractivity contribution in [3.05, 3.63) is 54.6 Å². The molecule has 5 nitrogen and oxygen atoms in total. The van der Waals surface area contributed by atoms with Crippen LogP contribution in [0.5, 0.6) is 0 Å². The molecule has 24 heavy (non-hydrogen) atoms. The van der Waals surface area contributed by atoms with E-state index in [0.29, 0.717) is 5.69 Å². The molecule has 0 spiro atoms. The van der Waals surface area contributed by atoms with Gasteiger partial charge in [0.1, 0.15) is 11.9 Å². The summed E-state index contributed by atoms with van der Waals surface area (Å²) in [5, 5.41) is 2.68. The minimum Gasteiger partial charge on any atom is -0.324 e. The lowest BCUT2D eigenvalue weighted by atomic mass is 10.2. The van der Waals surface area contributed by atoms with E-state index >= 15 is 0 Å². The summed E-state index contributed by atoms with van der Waals surface area (Å²) in [4.78, 5) is 16.8. The molecule has 2 atom stereocenters. The number of rotatable bonds is 4. The summed E-state index contributed by atoms with van der Waals surface area (Å²) in [7, 11) is -1.41. The number of nitrogens with one attached hydrogen (secondary N) is 1. The van der Waals surface area contributed by atoms with Gasteiger partial charge in [-0.05, 0) is 37.3 Å². The molecule has 0 saturated carbocycles. The minimum absolute atomic E-state index is 0.113. The molecule has 0 bridgehead atoms. The summed E-state index contributed by atoms with van der Waals surface area (Å²) in [5.41, 5.74) is 1.98. The fraction of sp³-hybridized carbons (Fsp3) is 0.176. The van der Waals surface area contributed by atoms with Crippen LogP contribution in [0, 0.1) is 5.82 Å². The predicted molar refractivity (Wildman–Crippen MR) is 91.8 cm³/mol. The number of halogens is 1. The molecule has 3 rings (SSSR count). The molecule has 124 valence electrons. The molecule has 7 heteroatoms. The third-order valence-electron chi connectivity index (χ3n) is 3.79. The van der Waals surface area contributed by atoms with E-state index in [4.69, 9.17) is 0 Å². The molecule has 0 aliphatic rings. The maximum absolute atomic E-state index is 13.9. The molecule has 3 aromatic rings. The van der Waals surface area contributed by atoms with Crippen LogP contribution in [0.25, 0.3) is 11.0 Å². The summed E-state index contributed by atoms with van der Waals surface area (Å²) in [5.74, 6) is -0.891. The smallest absolute Gasteiger partial charge is 0.247 e. The average molecular weight is 345 g/mol. The zero-order valence-electron chi connectivity index (χ0n) is 13.2. The Bertz CT molecular complexity index is 938. The van der Waals surface area contributed by atoms with Gasteiger partial charge >= 0.3 is 0 Å². The second-order valence-electron chi connectivity index (χ2n) is 5.41. The van der Waals surface area contributed by atoms with Crippen LogP contribution in [-0.2, 0) is 15.6 Å². The number of hydrogen-bond acceptors (Lipinski definition) is 3. The van der Waals surface area contributed by atoms with Gasteiger partial charge in [-0.2, -0.15) is 0 Å². The lowest BCUT2D eigenvalue weighted by molar-refractivity contribution is -0.118. The van der Waals surface area contributed by atoms with Gasteiger partial charge in [0.15, 0.2) is 0 Å². The average Bonchev–Trinajstić information content (AvgIpc) is 2.97. The van der Waals surface area contributed by atoms with E-state index < -0.39 is 22.7 Å². The van der Waals surface area contributed by atoms with Crippen molar-refractivity contribution in [2.45, 2.75) is 17.9 Å². The van der Waals surface area contributed by atoms with Crippen LogP contribution in [0.1, 0.15) is 13.0 Å². The zero-order valence-corrected chi connectivity index (χ0v) is 14.0. The number of fused-ring (bicyclic) bond motifs is 1. The highest BCUT2D eigenvalue weighted by molar-refractivity contribution is 7.84. The van der Waals surface area contributed by atoms with Crippen LogP contribution >= 0.6 is 0 Å². The number of carbonyl (C=O) groups is 1.